The lowest BCUT2D eigenvalue weighted by atomic mass is 10.00. The molecule has 0 bridgehead atoms. The molecule has 0 aromatic heterocycles. The van der Waals surface area contributed by atoms with Crippen LogP contribution >= 0.6 is 0 Å². The van der Waals surface area contributed by atoms with E-state index in [1.807, 2.05) is 25.1 Å². The summed E-state index contributed by atoms with van der Waals surface area (Å²) < 4.78 is 33.3. The van der Waals surface area contributed by atoms with E-state index in [0.29, 0.717) is 5.69 Å². The van der Waals surface area contributed by atoms with Crippen LogP contribution < -0.4 is 4.72 Å². The van der Waals surface area contributed by atoms with Crippen molar-refractivity contribution in [2.24, 2.45) is 0 Å². The van der Waals surface area contributed by atoms with E-state index >= 15 is 0 Å². The number of anilines is 1. The molecule has 0 radical (unpaired) electrons. The molecule has 0 amide bonds. The summed E-state index contributed by atoms with van der Waals surface area (Å²) in [6.07, 6.45) is 4.58. The highest BCUT2D eigenvalue weighted by molar-refractivity contribution is 7.92. The Morgan fingerprint density at radius 2 is 1.80 bits per heavy atom. The lowest BCUT2D eigenvalue weighted by Gasteiger charge is -2.15. The smallest absolute Gasteiger partial charge is 0.261 e. The molecule has 4 nitrogen and oxygen atoms in total. The van der Waals surface area contributed by atoms with Crippen LogP contribution in [-0.4, -0.2) is 15.5 Å². The Balaban J connectivity index is 2.37. The number of para-hydroxylation sites is 1. The van der Waals surface area contributed by atoms with Gasteiger partial charge in [0.25, 0.3) is 10.0 Å². The van der Waals surface area contributed by atoms with Crippen molar-refractivity contribution >= 4 is 21.3 Å². The molecular weight excluding hydrogens is 334 g/mol. The number of benzene rings is 2. The van der Waals surface area contributed by atoms with Gasteiger partial charge in [-0.25, -0.2) is 8.42 Å². The minimum atomic E-state index is -3.64. The molecule has 2 aromatic carbocycles. The second-order valence-electron chi connectivity index (χ2n) is 5.95. The van der Waals surface area contributed by atoms with E-state index in [4.69, 9.17) is 4.74 Å². The van der Waals surface area contributed by atoms with E-state index in [1.54, 1.807) is 43.7 Å². The predicted molar refractivity (Wildman–Crippen MR) is 103 cm³/mol. The fraction of sp³-hybridized carbons (Fsp3) is 0.300. The zero-order chi connectivity index (χ0) is 18.3. The minimum absolute atomic E-state index is 0.249. The highest BCUT2D eigenvalue weighted by Crippen LogP contribution is 2.29. The second-order valence-corrected chi connectivity index (χ2v) is 7.63. The van der Waals surface area contributed by atoms with Crippen molar-refractivity contribution in [2.45, 2.75) is 38.0 Å². The maximum Gasteiger partial charge on any atom is 0.261 e. The number of ether oxygens (including phenoxy) is 1. The van der Waals surface area contributed by atoms with Crippen molar-refractivity contribution in [2.75, 3.05) is 11.8 Å². The molecule has 0 fully saturated rings. The molecule has 1 N–H and O–H groups in total. The summed E-state index contributed by atoms with van der Waals surface area (Å²) in [6, 6.07) is 14.2. The number of hydrogen-bond donors (Lipinski definition) is 1. The van der Waals surface area contributed by atoms with Crippen LogP contribution in [0.15, 0.2) is 59.7 Å². The number of methoxy groups -OCH3 is 1. The summed E-state index contributed by atoms with van der Waals surface area (Å²) in [5, 5.41) is 0. The molecule has 5 heteroatoms. The highest BCUT2D eigenvalue weighted by Gasteiger charge is 2.17. The van der Waals surface area contributed by atoms with Gasteiger partial charge in [-0.3, -0.25) is 4.72 Å². The minimum Gasteiger partial charge on any atom is -0.504 e. The molecule has 0 heterocycles. The predicted octanol–water partition coefficient (Wildman–Crippen LogP) is 4.97. The van der Waals surface area contributed by atoms with Gasteiger partial charge in [-0.05, 0) is 43.5 Å². The number of unbranched alkanes of at least 4 members (excludes halogenated alkanes) is 1. The SMILES string of the molecule is CCCCC(=COC)c1ccccc1NS(=O)(=O)c1ccc(C)cc1. The lowest BCUT2D eigenvalue weighted by molar-refractivity contribution is 0.338. The molecule has 0 aliphatic heterocycles. The van der Waals surface area contributed by atoms with Crippen molar-refractivity contribution in [1.82, 2.24) is 0 Å². The van der Waals surface area contributed by atoms with E-state index in [1.165, 1.54) is 0 Å². The van der Waals surface area contributed by atoms with Gasteiger partial charge in [0.2, 0.25) is 0 Å². The number of sulfonamides is 1. The van der Waals surface area contributed by atoms with Crippen molar-refractivity contribution < 1.29 is 13.2 Å². The van der Waals surface area contributed by atoms with Gasteiger partial charge in [0.15, 0.2) is 0 Å². The first-order valence-electron chi connectivity index (χ1n) is 8.38. The first-order valence-corrected chi connectivity index (χ1v) is 9.87. The Morgan fingerprint density at radius 1 is 1.12 bits per heavy atom. The summed E-state index contributed by atoms with van der Waals surface area (Å²) in [5.74, 6) is 0. The van der Waals surface area contributed by atoms with Gasteiger partial charge < -0.3 is 4.74 Å². The third-order valence-electron chi connectivity index (χ3n) is 3.91. The van der Waals surface area contributed by atoms with E-state index in [-0.39, 0.29) is 4.90 Å². The largest absolute Gasteiger partial charge is 0.504 e. The quantitative estimate of drug-likeness (QED) is 0.677. The fourth-order valence-corrected chi connectivity index (χ4v) is 3.62. The second kappa shape index (κ2) is 8.72. The number of aryl methyl sites for hydroxylation is 1. The topological polar surface area (TPSA) is 55.4 Å². The first kappa shape index (κ1) is 19.1. The lowest BCUT2D eigenvalue weighted by Crippen LogP contribution is -2.14. The van der Waals surface area contributed by atoms with Crippen molar-refractivity contribution in [1.29, 1.82) is 0 Å². The molecule has 0 spiro atoms. The highest BCUT2D eigenvalue weighted by atomic mass is 32.2. The molecule has 0 saturated carbocycles. The van der Waals surface area contributed by atoms with Crippen LogP contribution in [0.5, 0.6) is 0 Å². The molecule has 0 unspecified atom stereocenters. The van der Waals surface area contributed by atoms with Crippen LogP contribution in [0.1, 0.15) is 37.3 Å². The molecule has 134 valence electrons. The van der Waals surface area contributed by atoms with Gasteiger partial charge in [0.1, 0.15) is 0 Å². The number of hydrogen-bond acceptors (Lipinski definition) is 3. The maximum absolute atomic E-state index is 12.7. The Labute approximate surface area is 150 Å². The van der Waals surface area contributed by atoms with Gasteiger partial charge in [0.05, 0.1) is 24.0 Å². The van der Waals surface area contributed by atoms with E-state index in [0.717, 1.165) is 36.0 Å². The van der Waals surface area contributed by atoms with Crippen LogP contribution in [-0.2, 0) is 14.8 Å². The molecule has 2 aromatic rings. The third kappa shape index (κ3) is 5.10. The van der Waals surface area contributed by atoms with E-state index < -0.39 is 10.0 Å². The molecule has 2 rings (SSSR count). The third-order valence-corrected chi connectivity index (χ3v) is 5.29. The average Bonchev–Trinajstić information content (AvgIpc) is 2.59. The van der Waals surface area contributed by atoms with Gasteiger partial charge in [-0.15, -0.1) is 0 Å². The summed E-state index contributed by atoms with van der Waals surface area (Å²) in [4.78, 5) is 0.249. The van der Waals surface area contributed by atoms with Crippen molar-refractivity contribution in [3.8, 4) is 0 Å². The summed E-state index contributed by atoms with van der Waals surface area (Å²) in [7, 11) is -2.04. The number of rotatable bonds is 8. The summed E-state index contributed by atoms with van der Waals surface area (Å²) >= 11 is 0. The van der Waals surface area contributed by atoms with Crippen LogP contribution in [0.2, 0.25) is 0 Å². The number of allylic oxidation sites excluding steroid dienone is 1. The van der Waals surface area contributed by atoms with Crippen molar-refractivity contribution in [3.63, 3.8) is 0 Å². The van der Waals surface area contributed by atoms with Crippen LogP contribution in [0.25, 0.3) is 5.57 Å². The Kier molecular flexibility index (Phi) is 6.65. The van der Waals surface area contributed by atoms with Gasteiger partial charge in [0, 0.05) is 5.56 Å². The monoisotopic (exact) mass is 359 g/mol. The summed E-state index contributed by atoms with van der Waals surface area (Å²) in [5.41, 5.74) is 3.40. The van der Waals surface area contributed by atoms with E-state index in [2.05, 4.69) is 11.6 Å². The normalized spacial score (nSPS) is 12.0. The van der Waals surface area contributed by atoms with Crippen LogP contribution in [0, 0.1) is 6.92 Å². The Morgan fingerprint density at radius 3 is 2.44 bits per heavy atom. The first-order chi connectivity index (χ1) is 12.0. The van der Waals surface area contributed by atoms with Gasteiger partial charge >= 0.3 is 0 Å². The standard InChI is InChI=1S/C20H25NO3S/c1-4-5-8-17(15-24-3)19-9-6-7-10-20(19)21-25(22,23)18-13-11-16(2)12-14-18/h6-7,9-15,21H,4-5,8H2,1-3H3. The van der Waals surface area contributed by atoms with Gasteiger partial charge in [-0.1, -0.05) is 49.2 Å². The van der Waals surface area contributed by atoms with Crippen molar-refractivity contribution in [3.05, 3.63) is 65.9 Å². The Bertz CT molecular complexity index is 824. The fourth-order valence-electron chi connectivity index (χ4n) is 2.54. The molecular formula is C20H25NO3S. The maximum atomic E-state index is 12.7. The zero-order valence-corrected chi connectivity index (χ0v) is 15.8. The van der Waals surface area contributed by atoms with Crippen LogP contribution in [0.4, 0.5) is 5.69 Å². The molecule has 0 aliphatic carbocycles. The van der Waals surface area contributed by atoms with Gasteiger partial charge in [-0.2, -0.15) is 0 Å². The molecule has 25 heavy (non-hydrogen) atoms. The van der Waals surface area contributed by atoms with Crippen LogP contribution in [0.3, 0.4) is 0 Å². The zero-order valence-electron chi connectivity index (χ0n) is 15.0. The van der Waals surface area contributed by atoms with E-state index in [9.17, 15) is 8.42 Å². The average molecular weight is 359 g/mol. The summed E-state index contributed by atoms with van der Waals surface area (Å²) in [6.45, 7) is 4.05. The molecule has 0 saturated heterocycles. The Hall–Kier alpha value is -2.27. The molecule has 0 atom stereocenters. The number of nitrogens with one attached hydrogen (secondary N) is 1. The molecule has 0 aliphatic rings.